The van der Waals surface area contributed by atoms with E-state index in [9.17, 15) is 24.0 Å². The van der Waals surface area contributed by atoms with Gasteiger partial charge >= 0.3 is 24.0 Å². The van der Waals surface area contributed by atoms with Gasteiger partial charge in [-0.15, -0.1) is 0 Å². The number of hydrogen-bond donors (Lipinski definition) is 0. The van der Waals surface area contributed by atoms with Crippen LogP contribution < -0.4 is 4.90 Å². The molecule has 0 radical (unpaired) electrons. The van der Waals surface area contributed by atoms with Gasteiger partial charge in [0.15, 0.2) is 5.41 Å². The van der Waals surface area contributed by atoms with Gasteiger partial charge in [-0.2, -0.15) is 0 Å². The first-order valence-electron chi connectivity index (χ1n) is 10.8. The number of amides is 2. The SMILES string of the molecule is COC(=O)C1(C(=O)OC)C(C(=O)OC(C)(C)C)C12C(=O)N(C(=O)OC(C)(C)C)c1ccc(I)cc12. The van der Waals surface area contributed by atoms with Gasteiger partial charge in [-0.25, -0.2) is 9.69 Å². The highest BCUT2D eigenvalue weighted by Crippen LogP contribution is 2.75. The minimum atomic E-state index is -2.40. The molecule has 1 heterocycles. The van der Waals surface area contributed by atoms with Crippen LogP contribution >= 0.6 is 22.6 Å². The summed E-state index contributed by atoms with van der Waals surface area (Å²) in [7, 11) is 2.07. The maximum absolute atomic E-state index is 14.1. The van der Waals surface area contributed by atoms with E-state index in [4.69, 9.17) is 18.9 Å². The molecule has 2 amide bonds. The minimum Gasteiger partial charge on any atom is -0.468 e. The first-order chi connectivity index (χ1) is 16.0. The molecule has 1 aromatic rings. The normalized spacial score (nSPS) is 22.4. The molecule has 0 aromatic heterocycles. The Kier molecular flexibility index (Phi) is 6.50. The topological polar surface area (TPSA) is 126 Å². The van der Waals surface area contributed by atoms with Crippen molar-refractivity contribution in [2.45, 2.75) is 58.2 Å². The van der Waals surface area contributed by atoms with Crippen LogP contribution in [0.5, 0.6) is 0 Å². The monoisotopic (exact) mass is 601 g/mol. The number of esters is 3. The summed E-state index contributed by atoms with van der Waals surface area (Å²) in [5.74, 6) is -5.88. The van der Waals surface area contributed by atoms with Gasteiger partial charge < -0.3 is 18.9 Å². The average molecular weight is 601 g/mol. The molecular formula is C24H28INO9. The molecule has 1 saturated carbocycles. The molecule has 1 aliphatic carbocycles. The Morgan fingerprint density at radius 3 is 1.89 bits per heavy atom. The van der Waals surface area contributed by atoms with Crippen molar-refractivity contribution in [2.24, 2.45) is 11.3 Å². The Labute approximate surface area is 216 Å². The number of carbonyl (C=O) groups excluding carboxylic acids is 5. The molecule has 10 nitrogen and oxygen atoms in total. The first-order valence-corrected chi connectivity index (χ1v) is 11.9. The Bertz CT molecular complexity index is 1110. The van der Waals surface area contributed by atoms with E-state index in [2.05, 4.69) is 0 Å². The molecule has 0 saturated heterocycles. The van der Waals surface area contributed by atoms with Crippen molar-refractivity contribution in [1.82, 2.24) is 0 Å². The zero-order chi connectivity index (χ0) is 26.7. The lowest BCUT2D eigenvalue weighted by Gasteiger charge is -2.24. The number of halogens is 1. The summed E-state index contributed by atoms with van der Waals surface area (Å²) in [4.78, 5) is 68.0. The second kappa shape index (κ2) is 8.45. The van der Waals surface area contributed by atoms with E-state index in [-0.39, 0.29) is 11.3 Å². The van der Waals surface area contributed by atoms with Crippen molar-refractivity contribution in [3.63, 3.8) is 0 Å². The smallest absolute Gasteiger partial charge is 0.421 e. The highest BCUT2D eigenvalue weighted by molar-refractivity contribution is 14.1. The molecule has 0 N–H and O–H groups in total. The van der Waals surface area contributed by atoms with Gasteiger partial charge in [-0.3, -0.25) is 19.2 Å². The van der Waals surface area contributed by atoms with Gasteiger partial charge in [0.05, 0.1) is 19.9 Å². The fraction of sp³-hybridized carbons (Fsp3) is 0.542. The third-order valence-electron chi connectivity index (χ3n) is 5.80. The molecule has 11 heteroatoms. The fourth-order valence-corrected chi connectivity index (χ4v) is 5.21. The Balaban J connectivity index is 2.35. The predicted octanol–water partition coefficient (Wildman–Crippen LogP) is 3.11. The lowest BCUT2D eigenvalue weighted by Crippen LogP contribution is -2.45. The average Bonchev–Trinajstić information content (AvgIpc) is 3.30. The van der Waals surface area contributed by atoms with Crippen molar-refractivity contribution < 1.29 is 42.9 Å². The largest absolute Gasteiger partial charge is 0.468 e. The highest BCUT2D eigenvalue weighted by Gasteiger charge is 2.96. The number of nitrogens with zero attached hydrogens (tertiary/aromatic N) is 1. The number of hydrogen-bond acceptors (Lipinski definition) is 9. The highest BCUT2D eigenvalue weighted by atomic mass is 127. The number of fused-ring (bicyclic) bond motifs is 2. The van der Waals surface area contributed by atoms with Crippen LogP contribution in [0.2, 0.25) is 0 Å². The van der Waals surface area contributed by atoms with Crippen LogP contribution in [0.1, 0.15) is 47.1 Å². The third kappa shape index (κ3) is 3.87. The predicted molar refractivity (Wildman–Crippen MR) is 130 cm³/mol. The van der Waals surface area contributed by atoms with E-state index in [1.54, 1.807) is 53.7 Å². The van der Waals surface area contributed by atoms with Gasteiger partial charge in [0, 0.05) is 3.57 Å². The second-order valence-corrected chi connectivity index (χ2v) is 11.6. The van der Waals surface area contributed by atoms with E-state index < -0.39 is 57.9 Å². The number of methoxy groups -OCH3 is 2. The maximum atomic E-state index is 14.1. The quantitative estimate of drug-likeness (QED) is 0.222. The van der Waals surface area contributed by atoms with E-state index in [1.165, 1.54) is 6.07 Å². The molecule has 1 spiro atoms. The van der Waals surface area contributed by atoms with Crippen LogP contribution in [0, 0.1) is 14.9 Å². The third-order valence-corrected chi connectivity index (χ3v) is 6.47. The van der Waals surface area contributed by atoms with Crippen LogP contribution in [0.3, 0.4) is 0 Å². The summed E-state index contributed by atoms with van der Waals surface area (Å²) < 4.78 is 21.5. The van der Waals surface area contributed by atoms with Crippen LogP contribution in [-0.2, 0) is 43.5 Å². The van der Waals surface area contributed by atoms with Crippen molar-refractivity contribution in [2.75, 3.05) is 19.1 Å². The van der Waals surface area contributed by atoms with Crippen molar-refractivity contribution in [1.29, 1.82) is 0 Å². The molecule has 1 fully saturated rings. The zero-order valence-electron chi connectivity index (χ0n) is 20.8. The molecule has 0 bridgehead atoms. The fourth-order valence-electron chi connectivity index (χ4n) is 4.72. The van der Waals surface area contributed by atoms with Crippen LogP contribution in [0.4, 0.5) is 10.5 Å². The number of ether oxygens (including phenoxy) is 4. The van der Waals surface area contributed by atoms with Gasteiger partial charge in [-0.05, 0) is 87.9 Å². The summed E-state index contributed by atoms with van der Waals surface area (Å²) in [5.41, 5.74) is -6.25. The lowest BCUT2D eigenvalue weighted by molar-refractivity contribution is -0.169. The second-order valence-electron chi connectivity index (χ2n) is 10.3. The molecule has 2 atom stereocenters. The van der Waals surface area contributed by atoms with E-state index in [1.807, 2.05) is 22.6 Å². The number of imide groups is 1. The minimum absolute atomic E-state index is 0.0907. The zero-order valence-corrected chi connectivity index (χ0v) is 23.0. The van der Waals surface area contributed by atoms with Gasteiger partial charge in [-0.1, -0.05) is 0 Å². The first kappa shape index (κ1) is 26.9. The summed E-state index contributed by atoms with van der Waals surface area (Å²) in [6.07, 6.45) is -1.01. The van der Waals surface area contributed by atoms with Gasteiger partial charge in [0.2, 0.25) is 5.91 Å². The van der Waals surface area contributed by atoms with E-state index in [0.29, 0.717) is 3.57 Å². The number of benzene rings is 1. The molecule has 3 rings (SSSR count). The van der Waals surface area contributed by atoms with Crippen LogP contribution in [0.15, 0.2) is 18.2 Å². The van der Waals surface area contributed by atoms with Crippen molar-refractivity contribution >= 4 is 58.2 Å². The molecule has 190 valence electrons. The molecule has 1 aliphatic heterocycles. The van der Waals surface area contributed by atoms with E-state index in [0.717, 1.165) is 19.1 Å². The number of carbonyl (C=O) groups is 5. The molecule has 1 aromatic carbocycles. The molecule has 2 unspecified atom stereocenters. The standard InChI is InChI=1S/C24H28INO9/c1-21(2,3)34-16(27)15-23(24(15,18(29)32-7)19(30)33-8)13-11-12(25)9-10-14(13)26(17(23)28)20(31)35-22(4,5)6/h9-11,15H,1-8H3. The van der Waals surface area contributed by atoms with E-state index >= 15 is 0 Å². The van der Waals surface area contributed by atoms with Crippen molar-refractivity contribution in [3.05, 3.63) is 27.3 Å². The van der Waals surface area contributed by atoms with Gasteiger partial charge in [0.25, 0.3) is 0 Å². The van der Waals surface area contributed by atoms with Crippen molar-refractivity contribution in [3.8, 4) is 0 Å². The number of anilines is 1. The maximum Gasteiger partial charge on any atom is 0.421 e. The molecular weight excluding hydrogens is 573 g/mol. The lowest BCUT2D eigenvalue weighted by atomic mass is 9.86. The Morgan fingerprint density at radius 1 is 0.914 bits per heavy atom. The molecule has 35 heavy (non-hydrogen) atoms. The van der Waals surface area contributed by atoms with Crippen LogP contribution in [0.25, 0.3) is 0 Å². The molecule has 2 aliphatic rings. The summed E-state index contributed by atoms with van der Waals surface area (Å²) in [6.45, 7) is 9.71. The number of rotatable bonds is 3. The summed E-state index contributed by atoms with van der Waals surface area (Å²) >= 11 is 1.99. The Hall–Kier alpha value is -2.70. The van der Waals surface area contributed by atoms with Gasteiger partial charge in [0.1, 0.15) is 22.5 Å². The van der Waals surface area contributed by atoms with Crippen LogP contribution in [-0.4, -0.2) is 55.3 Å². The Morgan fingerprint density at radius 2 is 1.43 bits per heavy atom. The summed E-state index contributed by atoms with van der Waals surface area (Å²) in [5, 5.41) is 0. The summed E-state index contributed by atoms with van der Waals surface area (Å²) in [6, 6.07) is 4.69.